The number of carbonyl (C=O) groups excluding carboxylic acids is 1. The Kier molecular flexibility index (Phi) is 9.25. The van der Waals surface area contributed by atoms with Crippen LogP contribution < -0.4 is 14.8 Å². The first kappa shape index (κ1) is 20.8. The number of para-hydroxylation sites is 1. The lowest BCUT2D eigenvalue weighted by atomic mass is 10.1. The highest BCUT2D eigenvalue weighted by molar-refractivity contribution is 5.75. The van der Waals surface area contributed by atoms with Crippen molar-refractivity contribution in [1.29, 1.82) is 0 Å². The Bertz CT molecular complexity index is 685. The van der Waals surface area contributed by atoms with Crippen molar-refractivity contribution in [3.8, 4) is 11.5 Å². The molecule has 0 heterocycles. The number of benzene rings is 2. The van der Waals surface area contributed by atoms with Crippen LogP contribution in [-0.4, -0.2) is 19.6 Å². The van der Waals surface area contributed by atoms with Crippen LogP contribution in [0.4, 0.5) is 0 Å². The molecule has 1 N–H and O–H groups in total. The number of rotatable bonds is 12. The molecule has 0 fully saturated rings. The number of hydrogen-bond donors (Lipinski definition) is 1. The number of ether oxygens (including phenoxy) is 2. The van der Waals surface area contributed by atoms with Gasteiger partial charge in [0.25, 0.3) is 0 Å². The van der Waals surface area contributed by atoms with Gasteiger partial charge in [-0.3, -0.25) is 4.79 Å². The molecule has 2 aromatic rings. The van der Waals surface area contributed by atoms with Crippen LogP contribution >= 0.6 is 0 Å². The highest BCUT2D eigenvalue weighted by Gasteiger charge is 2.11. The second kappa shape index (κ2) is 12.0. The molecule has 2 aromatic carbocycles. The minimum absolute atomic E-state index is 0.126. The summed E-state index contributed by atoms with van der Waals surface area (Å²) in [4.78, 5) is 11.9. The first-order valence-electron chi connectivity index (χ1n) is 9.84. The molecule has 1 amide bonds. The fourth-order valence-corrected chi connectivity index (χ4v) is 2.95. The van der Waals surface area contributed by atoms with Gasteiger partial charge in [0.2, 0.25) is 5.91 Å². The van der Waals surface area contributed by atoms with E-state index in [-0.39, 0.29) is 5.91 Å². The van der Waals surface area contributed by atoms with Crippen LogP contribution in [0.2, 0.25) is 0 Å². The van der Waals surface area contributed by atoms with Crippen LogP contribution in [0.25, 0.3) is 0 Å². The molecule has 27 heavy (non-hydrogen) atoms. The highest BCUT2D eigenvalue weighted by atomic mass is 16.5. The van der Waals surface area contributed by atoms with Crippen LogP contribution in [0.1, 0.15) is 50.2 Å². The van der Waals surface area contributed by atoms with Crippen molar-refractivity contribution in [3.63, 3.8) is 0 Å². The topological polar surface area (TPSA) is 47.6 Å². The van der Waals surface area contributed by atoms with Gasteiger partial charge >= 0.3 is 0 Å². The Labute approximate surface area is 162 Å². The molecule has 0 atom stereocenters. The van der Waals surface area contributed by atoms with E-state index >= 15 is 0 Å². The third-order valence-electron chi connectivity index (χ3n) is 4.48. The fraction of sp³-hybridized carbons (Fsp3) is 0.435. The fourth-order valence-electron chi connectivity index (χ4n) is 2.95. The van der Waals surface area contributed by atoms with E-state index in [1.54, 1.807) is 7.11 Å². The molecule has 0 unspecified atom stereocenters. The monoisotopic (exact) mass is 369 g/mol. The molecule has 0 aromatic heterocycles. The van der Waals surface area contributed by atoms with E-state index in [0.29, 0.717) is 31.7 Å². The van der Waals surface area contributed by atoms with Gasteiger partial charge in [-0.2, -0.15) is 0 Å². The average Bonchev–Trinajstić information content (AvgIpc) is 2.70. The zero-order chi connectivity index (χ0) is 19.3. The molecule has 0 spiro atoms. The van der Waals surface area contributed by atoms with E-state index in [1.165, 1.54) is 12.8 Å². The van der Waals surface area contributed by atoms with Crippen LogP contribution in [0, 0.1) is 0 Å². The predicted octanol–water partition coefficient (Wildman–Crippen LogP) is 4.90. The van der Waals surface area contributed by atoms with Crippen molar-refractivity contribution in [2.45, 2.75) is 52.1 Å². The largest absolute Gasteiger partial charge is 0.493 e. The van der Waals surface area contributed by atoms with E-state index in [1.807, 2.05) is 48.5 Å². The van der Waals surface area contributed by atoms with Gasteiger partial charge in [0.1, 0.15) is 6.61 Å². The van der Waals surface area contributed by atoms with Crippen LogP contribution in [0.5, 0.6) is 11.5 Å². The molecule has 4 heteroatoms. The molecule has 0 radical (unpaired) electrons. The number of carbonyl (C=O) groups is 1. The van der Waals surface area contributed by atoms with Crippen molar-refractivity contribution in [2.75, 3.05) is 13.7 Å². The van der Waals surface area contributed by atoms with E-state index in [9.17, 15) is 4.79 Å². The second-order valence-electron chi connectivity index (χ2n) is 6.63. The molecule has 0 aliphatic carbocycles. The number of amides is 1. The predicted molar refractivity (Wildman–Crippen MR) is 109 cm³/mol. The summed E-state index contributed by atoms with van der Waals surface area (Å²) in [6, 6.07) is 15.9. The summed E-state index contributed by atoms with van der Waals surface area (Å²) in [6.45, 7) is 3.26. The number of hydrogen-bond acceptors (Lipinski definition) is 3. The molecule has 4 nitrogen and oxygen atoms in total. The smallest absolute Gasteiger partial charge is 0.220 e. The zero-order valence-electron chi connectivity index (χ0n) is 16.5. The minimum atomic E-state index is 0.126. The Morgan fingerprint density at radius 1 is 1.00 bits per heavy atom. The molecule has 0 aliphatic rings. The third-order valence-corrected chi connectivity index (χ3v) is 4.48. The molecule has 0 saturated heterocycles. The molecule has 2 rings (SSSR count). The minimum Gasteiger partial charge on any atom is -0.493 e. The third kappa shape index (κ3) is 7.33. The molecule has 0 saturated carbocycles. The zero-order valence-corrected chi connectivity index (χ0v) is 16.5. The Balaban J connectivity index is 1.89. The lowest BCUT2D eigenvalue weighted by Gasteiger charge is -2.15. The molecule has 0 bridgehead atoms. The molecule has 146 valence electrons. The van der Waals surface area contributed by atoms with E-state index in [2.05, 4.69) is 12.2 Å². The van der Waals surface area contributed by atoms with Gasteiger partial charge in [0.05, 0.1) is 7.11 Å². The Hall–Kier alpha value is -2.49. The number of methoxy groups -OCH3 is 1. The summed E-state index contributed by atoms with van der Waals surface area (Å²) in [7, 11) is 1.65. The maximum absolute atomic E-state index is 11.9. The molecular formula is C23H31NO3. The van der Waals surface area contributed by atoms with Gasteiger partial charge in [0.15, 0.2) is 11.5 Å². The van der Waals surface area contributed by atoms with Crippen LogP contribution in [-0.2, 0) is 17.8 Å². The van der Waals surface area contributed by atoms with Crippen molar-refractivity contribution in [1.82, 2.24) is 5.32 Å². The lowest BCUT2D eigenvalue weighted by molar-refractivity contribution is -0.121. The summed E-state index contributed by atoms with van der Waals surface area (Å²) in [5, 5.41) is 3.01. The first-order chi connectivity index (χ1) is 13.2. The standard InChI is InChI=1S/C23H31NO3/c1-3-4-5-9-15-22(25)24-17-16-20-13-10-14-21(26-2)23(20)27-18-19-11-7-6-8-12-19/h6-8,10-14H,3-5,9,15-18H2,1-2H3,(H,24,25). The van der Waals surface area contributed by atoms with Crippen molar-refractivity contribution in [3.05, 3.63) is 59.7 Å². The SMILES string of the molecule is CCCCCCC(=O)NCCc1cccc(OC)c1OCc1ccccc1. The number of unbranched alkanes of at least 4 members (excludes halogenated alkanes) is 3. The van der Waals surface area contributed by atoms with E-state index in [0.717, 1.165) is 29.7 Å². The quantitative estimate of drug-likeness (QED) is 0.541. The van der Waals surface area contributed by atoms with Crippen LogP contribution in [0.3, 0.4) is 0 Å². The molecular weight excluding hydrogens is 338 g/mol. The van der Waals surface area contributed by atoms with E-state index in [4.69, 9.17) is 9.47 Å². The van der Waals surface area contributed by atoms with Gasteiger partial charge < -0.3 is 14.8 Å². The first-order valence-corrected chi connectivity index (χ1v) is 9.84. The summed E-state index contributed by atoms with van der Waals surface area (Å²) in [6.07, 6.45) is 5.78. The van der Waals surface area contributed by atoms with Gasteiger partial charge in [-0.25, -0.2) is 0 Å². The second-order valence-corrected chi connectivity index (χ2v) is 6.63. The van der Waals surface area contributed by atoms with Gasteiger partial charge in [0, 0.05) is 13.0 Å². The summed E-state index contributed by atoms with van der Waals surface area (Å²) in [5.41, 5.74) is 2.14. The Morgan fingerprint density at radius 3 is 2.56 bits per heavy atom. The maximum atomic E-state index is 11.9. The van der Waals surface area contributed by atoms with Gasteiger partial charge in [-0.15, -0.1) is 0 Å². The summed E-state index contributed by atoms with van der Waals surface area (Å²) >= 11 is 0. The normalized spacial score (nSPS) is 10.4. The van der Waals surface area contributed by atoms with E-state index < -0.39 is 0 Å². The van der Waals surface area contributed by atoms with Crippen molar-refractivity contribution >= 4 is 5.91 Å². The summed E-state index contributed by atoms with van der Waals surface area (Å²) in [5.74, 6) is 1.59. The van der Waals surface area contributed by atoms with Crippen molar-refractivity contribution in [2.24, 2.45) is 0 Å². The van der Waals surface area contributed by atoms with Gasteiger partial charge in [-0.05, 0) is 30.0 Å². The highest BCUT2D eigenvalue weighted by Crippen LogP contribution is 2.32. The van der Waals surface area contributed by atoms with Crippen molar-refractivity contribution < 1.29 is 14.3 Å². The lowest BCUT2D eigenvalue weighted by Crippen LogP contribution is -2.25. The molecule has 0 aliphatic heterocycles. The maximum Gasteiger partial charge on any atom is 0.220 e. The van der Waals surface area contributed by atoms with Gasteiger partial charge in [-0.1, -0.05) is 68.7 Å². The summed E-state index contributed by atoms with van der Waals surface area (Å²) < 4.78 is 11.5. The Morgan fingerprint density at radius 2 is 1.81 bits per heavy atom. The average molecular weight is 370 g/mol. The number of nitrogens with one attached hydrogen (secondary N) is 1. The van der Waals surface area contributed by atoms with Crippen LogP contribution in [0.15, 0.2) is 48.5 Å².